The third-order valence-electron chi connectivity index (χ3n) is 2.37. The fraction of sp³-hybridized carbons (Fsp3) is 0.154. The van der Waals surface area contributed by atoms with Crippen LogP contribution in [0.25, 0.3) is 0 Å². The molecule has 0 atom stereocenters. The standard InChI is InChI=1S/C13H10Cl2FNO/c1-8-2-3-10(15)11(6-8)18-13-12(16)9(7-14)4-5-17-13/h2-6H,7H2,1H3. The van der Waals surface area contributed by atoms with Gasteiger partial charge in [0, 0.05) is 11.8 Å². The number of alkyl halides is 1. The van der Waals surface area contributed by atoms with E-state index >= 15 is 0 Å². The molecule has 18 heavy (non-hydrogen) atoms. The number of aromatic nitrogens is 1. The predicted octanol–water partition coefficient (Wildman–Crippen LogP) is 4.71. The van der Waals surface area contributed by atoms with Crippen LogP contribution in [0.1, 0.15) is 11.1 Å². The molecule has 0 amide bonds. The highest BCUT2D eigenvalue weighted by molar-refractivity contribution is 6.32. The molecular weight excluding hydrogens is 276 g/mol. The van der Waals surface area contributed by atoms with Crippen LogP contribution in [-0.4, -0.2) is 4.98 Å². The largest absolute Gasteiger partial charge is 0.435 e. The zero-order chi connectivity index (χ0) is 13.1. The molecular formula is C13H10Cl2FNO. The maximum Gasteiger partial charge on any atom is 0.256 e. The Labute approximate surface area is 114 Å². The first-order valence-corrected chi connectivity index (χ1v) is 6.16. The molecule has 0 bridgehead atoms. The summed E-state index contributed by atoms with van der Waals surface area (Å²) in [4.78, 5) is 3.84. The SMILES string of the molecule is Cc1ccc(Cl)c(Oc2nccc(CCl)c2F)c1. The first-order chi connectivity index (χ1) is 8.61. The molecule has 0 saturated heterocycles. The average Bonchev–Trinajstić information content (AvgIpc) is 2.36. The van der Waals surface area contributed by atoms with Crippen molar-refractivity contribution in [3.8, 4) is 11.6 Å². The van der Waals surface area contributed by atoms with E-state index in [-0.39, 0.29) is 11.8 Å². The van der Waals surface area contributed by atoms with E-state index in [1.165, 1.54) is 12.3 Å². The summed E-state index contributed by atoms with van der Waals surface area (Å²) in [5, 5.41) is 0.401. The fourth-order valence-electron chi connectivity index (χ4n) is 1.43. The van der Waals surface area contributed by atoms with Crippen molar-refractivity contribution in [2.75, 3.05) is 0 Å². The Morgan fingerprint density at radius 1 is 1.33 bits per heavy atom. The van der Waals surface area contributed by atoms with Crippen LogP contribution >= 0.6 is 23.2 Å². The summed E-state index contributed by atoms with van der Waals surface area (Å²) < 4.78 is 19.3. The predicted molar refractivity (Wildman–Crippen MR) is 70.0 cm³/mol. The summed E-state index contributed by atoms with van der Waals surface area (Å²) in [6.07, 6.45) is 1.44. The molecule has 0 saturated carbocycles. The summed E-state index contributed by atoms with van der Waals surface area (Å²) in [6.45, 7) is 1.89. The van der Waals surface area contributed by atoms with Gasteiger partial charge in [-0.25, -0.2) is 9.37 Å². The topological polar surface area (TPSA) is 22.1 Å². The quantitative estimate of drug-likeness (QED) is 0.762. The van der Waals surface area contributed by atoms with Crippen LogP contribution in [0.3, 0.4) is 0 Å². The molecule has 0 spiro atoms. The lowest BCUT2D eigenvalue weighted by Crippen LogP contribution is -1.96. The van der Waals surface area contributed by atoms with Crippen molar-refractivity contribution in [2.24, 2.45) is 0 Å². The van der Waals surface area contributed by atoms with Gasteiger partial charge in [0.2, 0.25) is 0 Å². The Hall–Kier alpha value is -1.32. The number of halogens is 3. The zero-order valence-electron chi connectivity index (χ0n) is 9.58. The Bertz CT molecular complexity index is 575. The number of pyridine rings is 1. The van der Waals surface area contributed by atoms with E-state index in [4.69, 9.17) is 27.9 Å². The lowest BCUT2D eigenvalue weighted by Gasteiger charge is -2.09. The second kappa shape index (κ2) is 5.55. The van der Waals surface area contributed by atoms with Crippen LogP contribution in [0.15, 0.2) is 30.5 Å². The van der Waals surface area contributed by atoms with Gasteiger partial charge in [-0.15, -0.1) is 11.6 Å². The normalized spacial score (nSPS) is 10.4. The third-order valence-corrected chi connectivity index (χ3v) is 2.97. The van der Waals surface area contributed by atoms with Crippen LogP contribution in [0, 0.1) is 12.7 Å². The highest BCUT2D eigenvalue weighted by Gasteiger charge is 2.12. The van der Waals surface area contributed by atoms with E-state index in [2.05, 4.69) is 4.98 Å². The monoisotopic (exact) mass is 285 g/mol. The van der Waals surface area contributed by atoms with Crippen LogP contribution < -0.4 is 4.74 Å². The first kappa shape index (κ1) is 13.1. The molecule has 1 aromatic heterocycles. The molecule has 0 aliphatic rings. The number of benzene rings is 1. The Balaban J connectivity index is 2.37. The molecule has 2 rings (SSSR count). The van der Waals surface area contributed by atoms with Gasteiger partial charge in [0.25, 0.3) is 5.88 Å². The van der Waals surface area contributed by atoms with Crippen LogP contribution in [0.5, 0.6) is 11.6 Å². The van der Waals surface area contributed by atoms with Crippen molar-refractivity contribution in [1.29, 1.82) is 0 Å². The highest BCUT2D eigenvalue weighted by Crippen LogP contribution is 2.31. The summed E-state index contributed by atoms with van der Waals surface area (Å²) in [5.74, 6) is -0.257. The van der Waals surface area contributed by atoms with Crippen molar-refractivity contribution in [3.05, 3.63) is 52.4 Å². The van der Waals surface area contributed by atoms with Gasteiger partial charge in [0.1, 0.15) is 5.75 Å². The first-order valence-electron chi connectivity index (χ1n) is 5.25. The molecule has 0 fully saturated rings. The van der Waals surface area contributed by atoms with Crippen molar-refractivity contribution in [3.63, 3.8) is 0 Å². The summed E-state index contributed by atoms with van der Waals surface area (Å²) in [6, 6.07) is 6.76. The van der Waals surface area contributed by atoms with E-state index in [1.807, 2.05) is 13.0 Å². The van der Waals surface area contributed by atoms with Crippen LogP contribution in [-0.2, 0) is 5.88 Å². The minimum absolute atomic E-state index is 0.0618. The Morgan fingerprint density at radius 2 is 2.11 bits per heavy atom. The molecule has 2 nitrogen and oxygen atoms in total. The van der Waals surface area contributed by atoms with Gasteiger partial charge in [0.05, 0.1) is 10.9 Å². The van der Waals surface area contributed by atoms with Crippen LogP contribution in [0.4, 0.5) is 4.39 Å². The van der Waals surface area contributed by atoms with Gasteiger partial charge < -0.3 is 4.74 Å². The van der Waals surface area contributed by atoms with Gasteiger partial charge in [-0.1, -0.05) is 17.7 Å². The minimum atomic E-state index is -0.565. The van der Waals surface area contributed by atoms with Crippen molar-refractivity contribution in [1.82, 2.24) is 4.98 Å². The van der Waals surface area contributed by atoms with E-state index in [0.717, 1.165) is 5.56 Å². The van der Waals surface area contributed by atoms with Crippen LogP contribution in [0.2, 0.25) is 5.02 Å². The third kappa shape index (κ3) is 2.74. The lowest BCUT2D eigenvalue weighted by molar-refractivity contribution is 0.420. The number of rotatable bonds is 3. The van der Waals surface area contributed by atoms with Gasteiger partial charge in [-0.2, -0.15) is 0 Å². The summed E-state index contributed by atoms with van der Waals surface area (Å²) in [7, 11) is 0. The molecule has 0 aliphatic heterocycles. The van der Waals surface area contributed by atoms with Gasteiger partial charge in [-0.3, -0.25) is 0 Å². The van der Waals surface area contributed by atoms with Gasteiger partial charge >= 0.3 is 0 Å². The van der Waals surface area contributed by atoms with E-state index in [1.54, 1.807) is 12.1 Å². The van der Waals surface area contributed by atoms with E-state index in [9.17, 15) is 4.39 Å². The van der Waals surface area contributed by atoms with Crippen molar-refractivity contribution >= 4 is 23.2 Å². The van der Waals surface area contributed by atoms with Crippen molar-refractivity contribution in [2.45, 2.75) is 12.8 Å². The number of hydrogen-bond acceptors (Lipinski definition) is 2. The fourth-order valence-corrected chi connectivity index (χ4v) is 1.79. The lowest BCUT2D eigenvalue weighted by atomic mass is 10.2. The average molecular weight is 286 g/mol. The second-order valence-electron chi connectivity index (χ2n) is 3.76. The molecule has 0 aliphatic carbocycles. The van der Waals surface area contributed by atoms with E-state index in [0.29, 0.717) is 16.3 Å². The molecule has 5 heteroatoms. The number of aryl methyl sites for hydroxylation is 1. The van der Waals surface area contributed by atoms with E-state index < -0.39 is 5.82 Å². The molecule has 1 heterocycles. The molecule has 1 aromatic carbocycles. The van der Waals surface area contributed by atoms with Gasteiger partial charge in [-0.05, 0) is 30.7 Å². The summed E-state index contributed by atoms with van der Waals surface area (Å²) in [5.41, 5.74) is 1.30. The number of hydrogen-bond donors (Lipinski definition) is 0. The molecule has 0 radical (unpaired) electrons. The smallest absolute Gasteiger partial charge is 0.256 e. The maximum atomic E-state index is 13.9. The zero-order valence-corrected chi connectivity index (χ0v) is 11.1. The Kier molecular flexibility index (Phi) is 4.04. The van der Waals surface area contributed by atoms with Crippen molar-refractivity contribution < 1.29 is 9.13 Å². The number of ether oxygens (including phenoxy) is 1. The minimum Gasteiger partial charge on any atom is -0.435 e. The molecule has 94 valence electrons. The molecule has 0 unspecified atom stereocenters. The second-order valence-corrected chi connectivity index (χ2v) is 4.43. The number of nitrogens with zero attached hydrogens (tertiary/aromatic N) is 1. The van der Waals surface area contributed by atoms with Gasteiger partial charge in [0.15, 0.2) is 5.82 Å². The summed E-state index contributed by atoms with van der Waals surface area (Å²) >= 11 is 11.6. The maximum absolute atomic E-state index is 13.9. The molecule has 2 aromatic rings. The highest BCUT2D eigenvalue weighted by atomic mass is 35.5. The Morgan fingerprint density at radius 3 is 2.83 bits per heavy atom. The molecule has 0 N–H and O–H groups in total.